The van der Waals surface area contributed by atoms with Gasteiger partial charge in [-0.15, -0.1) is 11.3 Å². The first-order chi connectivity index (χ1) is 4.70. The molecule has 0 fully saturated rings. The third-order valence-electron chi connectivity index (χ3n) is 0.898. The van der Waals surface area contributed by atoms with Gasteiger partial charge in [0.25, 0.3) is 0 Å². The van der Waals surface area contributed by atoms with Crippen LogP contribution in [0.15, 0.2) is 16.7 Å². The molecule has 1 N–H and O–H groups in total. The molecule has 1 aromatic heterocycles. The van der Waals surface area contributed by atoms with Crippen molar-refractivity contribution in [1.29, 1.82) is 5.41 Å². The Labute approximate surface area is 63.1 Å². The number of rotatable bonds is 1. The van der Waals surface area contributed by atoms with E-state index in [9.17, 15) is 0 Å². The van der Waals surface area contributed by atoms with Crippen molar-refractivity contribution in [3.63, 3.8) is 0 Å². The van der Waals surface area contributed by atoms with Crippen molar-refractivity contribution in [2.24, 2.45) is 5.10 Å². The lowest BCUT2D eigenvalue weighted by Gasteiger charge is -1.90. The van der Waals surface area contributed by atoms with Crippen LogP contribution in [0.25, 0.3) is 0 Å². The molecule has 0 unspecified atom stereocenters. The summed E-state index contributed by atoms with van der Waals surface area (Å²) in [5.74, 6) is 0. The molecule has 0 amide bonds. The van der Waals surface area contributed by atoms with Crippen LogP contribution in [0.2, 0.25) is 0 Å². The molecule has 10 heavy (non-hydrogen) atoms. The van der Waals surface area contributed by atoms with E-state index in [1.54, 1.807) is 10.9 Å². The fraction of sp³-hybridized carbons (Fsp3) is 0.333. The van der Waals surface area contributed by atoms with Crippen LogP contribution >= 0.6 is 11.3 Å². The van der Waals surface area contributed by atoms with Crippen LogP contribution < -0.4 is 4.80 Å². The molecule has 0 spiro atoms. The van der Waals surface area contributed by atoms with Crippen molar-refractivity contribution < 1.29 is 0 Å². The molecule has 0 saturated heterocycles. The summed E-state index contributed by atoms with van der Waals surface area (Å²) in [6.07, 6.45) is 1.78. The number of nitrogens with zero attached hydrogens (tertiary/aromatic N) is 2. The third kappa shape index (κ3) is 1.54. The van der Waals surface area contributed by atoms with E-state index >= 15 is 0 Å². The summed E-state index contributed by atoms with van der Waals surface area (Å²) in [7, 11) is 0. The van der Waals surface area contributed by atoms with Crippen molar-refractivity contribution in [3.8, 4) is 0 Å². The maximum atomic E-state index is 7.32. The molecular weight excluding hydrogens is 146 g/mol. The summed E-state index contributed by atoms with van der Waals surface area (Å²) in [5.41, 5.74) is 0.955. The monoisotopic (exact) mass is 155 g/mol. The molecule has 0 aliphatic rings. The van der Waals surface area contributed by atoms with E-state index in [1.807, 2.05) is 19.2 Å². The maximum absolute atomic E-state index is 7.32. The van der Waals surface area contributed by atoms with Gasteiger partial charge in [0.15, 0.2) is 0 Å². The lowest BCUT2D eigenvalue weighted by atomic mass is 10.5. The topological polar surface area (TPSA) is 41.1 Å². The number of nitrogens with one attached hydrogen (secondary N) is 1. The molecule has 0 atom stereocenters. The summed E-state index contributed by atoms with van der Waals surface area (Å²) in [5, 5.41) is 13.2. The SMILES string of the molecule is CC(C)=Nn1ccsc1=N. The third-order valence-corrected chi connectivity index (χ3v) is 1.57. The number of thiazole rings is 1. The summed E-state index contributed by atoms with van der Waals surface area (Å²) in [4.78, 5) is 0.459. The molecule has 0 bridgehead atoms. The average Bonchev–Trinajstić information content (AvgIpc) is 2.15. The van der Waals surface area contributed by atoms with Crippen LogP contribution in [0.3, 0.4) is 0 Å². The van der Waals surface area contributed by atoms with Gasteiger partial charge in [0.1, 0.15) is 0 Å². The Morgan fingerprint density at radius 2 is 2.40 bits per heavy atom. The van der Waals surface area contributed by atoms with E-state index < -0.39 is 0 Å². The summed E-state index contributed by atoms with van der Waals surface area (Å²) >= 11 is 1.37. The van der Waals surface area contributed by atoms with Crippen molar-refractivity contribution in [2.45, 2.75) is 13.8 Å². The smallest absolute Gasteiger partial charge is 0.202 e. The Hall–Kier alpha value is -0.900. The minimum Gasteiger partial charge on any atom is -0.274 e. The van der Waals surface area contributed by atoms with Gasteiger partial charge in [-0.3, -0.25) is 5.41 Å². The molecule has 0 saturated carbocycles. The second-order valence-electron chi connectivity index (χ2n) is 2.10. The van der Waals surface area contributed by atoms with Gasteiger partial charge in [0.05, 0.1) is 0 Å². The zero-order chi connectivity index (χ0) is 7.56. The van der Waals surface area contributed by atoms with Crippen molar-refractivity contribution in [3.05, 3.63) is 16.4 Å². The minimum absolute atomic E-state index is 0.459. The molecule has 4 heteroatoms. The van der Waals surface area contributed by atoms with E-state index in [-0.39, 0.29) is 0 Å². The van der Waals surface area contributed by atoms with Gasteiger partial charge in [-0.1, -0.05) is 0 Å². The van der Waals surface area contributed by atoms with Gasteiger partial charge in [-0.05, 0) is 13.8 Å². The second-order valence-corrected chi connectivity index (χ2v) is 2.99. The maximum Gasteiger partial charge on any atom is 0.202 e. The number of hydrogen-bond acceptors (Lipinski definition) is 3. The zero-order valence-corrected chi connectivity index (χ0v) is 6.77. The minimum atomic E-state index is 0.459. The molecule has 0 aliphatic heterocycles. The standard InChI is InChI=1S/C6H9N3S/c1-5(2)8-9-3-4-10-6(9)7/h3-4,7H,1-2H3. The highest BCUT2D eigenvalue weighted by Crippen LogP contribution is 1.88. The summed E-state index contributed by atoms with van der Waals surface area (Å²) < 4.78 is 1.56. The van der Waals surface area contributed by atoms with Gasteiger partial charge < -0.3 is 0 Å². The molecule has 54 valence electrons. The molecule has 1 heterocycles. The Morgan fingerprint density at radius 3 is 2.80 bits per heavy atom. The first kappa shape index (κ1) is 7.21. The van der Waals surface area contributed by atoms with E-state index in [0.717, 1.165) is 5.71 Å². The molecular formula is C6H9N3S. The predicted octanol–water partition coefficient (Wildman–Crippen LogP) is 1.27. The fourth-order valence-electron chi connectivity index (χ4n) is 0.568. The van der Waals surface area contributed by atoms with Gasteiger partial charge >= 0.3 is 0 Å². The van der Waals surface area contributed by atoms with Crippen molar-refractivity contribution in [2.75, 3.05) is 0 Å². The highest BCUT2D eigenvalue weighted by atomic mass is 32.1. The van der Waals surface area contributed by atoms with Gasteiger partial charge in [-0.25, -0.2) is 4.68 Å². The van der Waals surface area contributed by atoms with E-state index in [2.05, 4.69) is 5.10 Å². The first-order valence-corrected chi connectivity index (χ1v) is 3.81. The summed E-state index contributed by atoms with van der Waals surface area (Å²) in [6.45, 7) is 3.81. The quantitative estimate of drug-likeness (QED) is 0.593. The lowest BCUT2D eigenvalue weighted by molar-refractivity contribution is 0.823. The van der Waals surface area contributed by atoms with E-state index in [1.165, 1.54) is 11.3 Å². The Kier molecular flexibility index (Phi) is 2.01. The van der Waals surface area contributed by atoms with Crippen LogP contribution in [0, 0.1) is 5.41 Å². The number of hydrogen-bond donors (Lipinski definition) is 1. The van der Waals surface area contributed by atoms with Gasteiger partial charge in [0.2, 0.25) is 4.80 Å². The Bertz CT molecular complexity index is 290. The molecule has 3 nitrogen and oxygen atoms in total. The predicted molar refractivity (Wildman–Crippen MR) is 42.3 cm³/mol. The number of aromatic nitrogens is 1. The summed E-state index contributed by atoms with van der Waals surface area (Å²) in [6, 6.07) is 0. The average molecular weight is 155 g/mol. The second kappa shape index (κ2) is 2.79. The highest BCUT2D eigenvalue weighted by Gasteiger charge is 1.87. The van der Waals surface area contributed by atoms with Crippen molar-refractivity contribution >= 4 is 17.0 Å². The fourth-order valence-corrected chi connectivity index (χ4v) is 1.08. The first-order valence-electron chi connectivity index (χ1n) is 2.93. The van der Waals surface area contributed by atoms with E-state index in [0.29, 0.717) is 4.80 Å². The molecule has 1 rings (SSSR count). The van der Waals surface area contributed by atoms with Gasteiger partial charge in [0, 0.05) is 17.3 Å². The lowest BCUT2D eigenvalue weighted by Crippen LogP contribution is -2.07. The largest absolute Gasteiger partial charge is 0.274 e. The van der Waals surface area contributed by atoms with Crippen molar-refractivity contribution in [1.82, 2.24) is 4.68 Å². The van der Waals surface area contributed by atoms with Gasteiger partial charge in [-0.2, -0.15) is 5.10 Å². The molecule has 1 aromatic rings. The van der Waals surface area contributed by atoms with Crippen LogP contribution in [-0.2, 0) is 0 Å². The highest BCUT2D eigenvalue weighted by molar-refractivity contribution is 7.06. The van der Waals surface area contributed by atoms with E-state index in [4.69, 9.17) is 5.41 Å². The Morgan fingerprint density at radius 1 is 1.70 bits per heavy atom. The molecule has 0 radical (unpaired) electrons. The van der Waals surface area contributed by atoms with Crippen LogP contribution in [0.1, 0.15) is 13.8 Å². The van der Waals surface area contributed by atoms with Crippen LogP contribution in [-0.4, -0.2) is 10.4 Å². The molecule has 0 aromatic carbocycles. The molecule has 0 aliphatic carbocycles. The Balaban J connectivity index is 3.07. The zero-order valence-electron chi connectivity index (χ0n) is 5.96. The normalized spacial score (nSPS) is 9.40. The van der Waals surface area contributed by atoms with Crippen LogP contribution in [0.4, 0.5) is 0 Å². The van der Waals surface area contributed by atoms with Crippen LogP contribution in [0.5, 0.6) is 0 Å².